The minimum absolute atomic E-state index is 0.430. The Balaban J connectivity index is 1.95. The first-order valence-electron chi connectivity index (χ1n) is 5.75. The number of hydrogen-bond donors (Lipinski definition) is 0. The Morgan fingerprint density at radius 2 is 1.53 bits per heavy atom. The van der Waals surface area contributed by atoms with Gasteiger partial charge in [0.1, 0.15) is 5.15 Å². The van der Waals surface area contributed by atoms with Gasteiger partial charge in [-0.1, -0.05) is 29.3 Å². The summed E-state index contributed by atoms with van der Waals surface area (Å²) >= 11 is 5.74. The minimum atomic E-state index is 0.430. The first kappa shape index (κ1) is 11.9. The molecule has 0 fully saturated rings. The van der Waals surface area contributed by atoms with E-state index in [1.807, 2.05) is 31.2 Å². The number of hydrogen-bond acceptors (Lipinski definition) is 4. The zero-order valence-corrected chi connectivity index (χ0v) is 10.9. The van der Waals surface area contributed by atoms with E-state index in [0.29, 0.717) is 16.9 Å². The molecular weight excluding hydrogens is 262 g/mol. The SMILES string of the molecule is Cc1ccc(-c2nnc(-c3ccc(Cl)nc3)o2)cc1. The first-order chi connectivity index (χ1) is 9.22. The van der Waals surface area contributed by atoms with E-state index >= 15 is 0 Å². The van der Waals surface area contributed by atoms with E-state index in [0.717, 1.165) is 11.1 Å². The van der Waals surface area contributed by atoms with Gasteiger partial charge in [-0.25, -0.2) is 4.98 Å². The van der Waals surface area contributed by atoms with Gasteiger partial charge in [-0.05, 0) is 31.2 Å². The quantitative estimate of drug-likeness (QED) is 0.666. The number of rotatable bonds is 2. The average molecular weight is 272 g/mol. The molecule has 0 N–H and O–H groups in total. The van der Waals surface area contributed by atoms with Gasteiger partial charge in [0.05, 0.1) is 5.56 Å². The second kappa shape index (κ2) is 4.82. The lowest BCUT2D eigenvalue weighted by atomic mass is 10.1. The normalized spacial score (nSPS) is 10.6. The summed E-state index contributed by atoms with van der Waals surface area (Å²) in [7, 11) is 0. The zero-order valence-electron chi connectivity index (χ0n) is 10.2. The van der Waals surface area contributed by atoms with Crippen molar-refractivity contribution >= 4 is 11.6 Å². The molecule has 0 saturated heterocycles. The predicted molar refractivity (Wildman–Crippen MR) is 72.7 cm³/mol. The molecule has 4 nitrogen and oxygen atoms in total. The molecule has 0 amide bonds. The number of nitrogens with zero attached hydrogens (tertiary/aromatic N) is 3. The molecule has 94 valence electrons. The van der Waals surface area contributed by atoms with Crippen molar-refractivity contribution in [1.29, 1.82) is 0 Å². The maximum absolute atomic E-state index is 5.74. The fourth-order valence-corrected chi connectivity index (χ4v) is 1.77. The van der Waals surface area contributed by atoms with Gasteiger partial charge in [0, 0.05) is 11.8 Å². The standard InChI is InChI=1S/C14H10ClN3O/c1-9-2-4-10(5-3-9)13-17-18-14(19-13)11-6-7-12(15)16-8-11/h2-8H,1H3. The number of pyridine rings is 1. The van der Waals surface area contributed by atoms with Gasteiger partial charge in [0.15, 0.2) is 0 Å². The molecule has 0 unspecified atom stereocenters. The molecule has 0 aliphatic carbocycles. The van der Waals surface area contributed by atoms with Crippen molar-refractivity contribution in [1.82, 2.24) is 15.2 Å². The zero-order chi connectivity index (χ0) is 13.2. The van der Waals surface area contributed by atoms with Crippen molar-refractivity contribution in [3.63, 3.8) is 0 Å². The fourth-order valence-electron chi connectivity index (χ4n) is 1.66. The van der Waals surface area contributed by atoms with Crippen LogP contribution in [0.25, 0.3) is 22.9 Å². The van der Waals surface area contributed by atoms with Crippen LogP contribution in [0.4, 0.5) is 0 Å². The lowest BCUT2D eigenvalue weighted by Gasteiger charge is -1.96. The van der Waals surface area contributed by atoms with Gasteiger partial charge in [0.2, 0.25) is 11.8 Å². The van der Waals surface area contributed by atoms with Crippen LogP contribution in [0.5, 0.6) is 0 Å². The highest BCUT2D eigenvalue weighted by atomic mass is 35.5. The Morgan fingerprint density at radius 3 is 2.16 bits per heavy atom. The van der Waals surface area contributed by atoms with Crippen LogP contribution in [0, 0.1) is 6.92 Å². The van der Waals surface area contributed by atoms with E-state index in [-0.39, 0.29) is 0 Å². The summed E-state index contributed by atoms with van der Waals surface area (Å²) < 4.78 is 5.63. The summed E-state index contributed by atoms with van der Waals surface area (Å²) in [5, 5.41) is 8.49. The van der Waals surface area contributed by atoms with Crippen molar-refractivity contribution in [2.45, 2.75) is 6.92 Å². The van der Waals surface area contributed by atoms with Gasteiger partial charge >= 0.3 is 0 Å². The van der Waals surface area contributed by atoms with Gasteiger partial charge in [-0.2, -0.15) is 0 Å². The molecule has 3 aromatic rings. The van der Waals surface area contributed by atoms with Gasteiger partial charge in [-0.15, -0.1) is 10.2 Å². The third-order valence-electron chi connectivity index (χ3n) is 2.70. The number of benzene rings is 1. The molecule has 0 radical (unpaired) electrons. The van der Waals surface area contributed by atoms with Crippen LogP contribution in [-0.4, -0.2) is 15.2 Å². The molecule has 2 heterocycles. The van der Waals surface area contributed by atoms with Gasteiger partial charge < -0.3 is 4.42 Å². The molecule has 3 rings (SSSR count). The van der Waals surface area contributed by atoms with E-state index in [2.05, 4.69) is 15.2 Å². The monoisotopic (exact) mass is 271 g/mol. The van der Waals surface area contributed by atoms with Crippen molar-refractivity contribution in [2.75, 3.05) is 0 Å². The minimum Gasteiger partial charge on any atom is -0.416 e. The molecule has 0 saturated carbocycles. The molecular formula is C14H10ClN3O. The Bertz CT molecular complexity index is 629. The third kappa shape index (κ3) is 2.48. The molecule has 0 bridgehead atoms. The summed E-state index contributed by atoms with van der Waals surface area (Å²) in [6, 6.07) is 11.4. The number of halogens is 1. The molecule has 0 aliphatic rings. The van der Waals surface area contributed by atoms with E-state index in [9.17, 15) is 0 Å². The lowest BCUT2D eigenvalue weighted by molar-refractivity contribution is 0.584. The molecule has 0 aliphatic heterocycles. The smallest absolute Gasteiger partial charge is 0.249 e. The molecule has 19 heavy (non-hydrogen) atoms. The van der Waals surface area contributed by atoms with Crippen molar-refractivity contribution in [3.05, 3.63) is 53.3 Å². The average Bonchev–Trinajstić information content (AvgIpc) is 2.90. The summed E-state index contributed by atoms with van der Waals surface area (Å²) in [4.78, 5) is 3.99. The molecule has 5 heteroatoms. The second-order valence-electron chi connectivity index (χ2n) is 4.15. The predicted octanol–water partition coefficient (Wildman–Crippen LogP) is 3.76. The third-order valence-corrected chi connectivity index (χ3v) is 2.92. The summed E-state index contributed by atoms with van der Waals surface area (Å²) in [6.45, 7) is 2.03. The second-order valence-corrected chi connectivity index (χ2v) is 4.54. The van der Waals surface area contributed by atoms with E-state index in [1.165, 1.54) is 5.56 Å². The number of aromatic nitrogens is 3. The fraction of sp³-hybridized carbons (Fsp3) is 0.0714. The number of aryl methyl sites for hydroxylation is 1. The Hall–Kier alpha value is -2.20. The molecule has 1 aromatic carbocycles. The summed E-state index contributed by atoms with van der Waals surface area (Å²) in [6.07, 6.45) is 1.61. The van der Waals surface area contributed by atoms with Crippen LogP contribution in [0.15, 0.2) is 47.0 Å². The van der Waals surface area contributed by atoms with Crippen LogP contribution in [0.1, 0.15) is 5.56 Å². The van der Waals surface area contributed by atoms with Crippen LogP contribution in [0.2, 0.25) is 5.15 Å². The maximum Gasteiger partial charge on any atom is 0.249 e. The highest BCUT2D eigenvalue weighted by molar-refractivity contribution is 6.29. The lowest BCUT2D eigenvalue weighted by Crippen LogP contribution is -1.80. The van der Waals surface area contributed by atoms with Gasteiger partial charge in [0.25, 0.3) is 0 Å². The molecule has 0 spiro atoms. The topological polar surface area (TPSA) is 51.8 Å². The van der Waals surface area contributed by atoms with Crippen LogP contribution < -0.4 is 0 Å². The Morgan fingerprint density at radius 1 is 0.895 bits per heavy atom. The highest BCUT2D eigenvalue weighted by Gasteiger charge is 2.10. The summed E-state index contributed by atoms with van der Waals surface area (Å²) in [5.74, 6) is 0.921. The van der Waals surface area contributed by atoms with Crippen molar-refractivity contribution in [2.24, 2.45) is 0 Å². The van der Waals surface area contributed by atoms with E-state index in [1.54, 1.807) is 18.3 Å². The van der Waals surface area contributed by atoms with Crippen LogP contribution in [-0.2, 0) is 0 Å². The molecule has 2 aromatic heterocycles. The maximum atomic E-state index is 5.74. The Kier molecular flexibility index (Phi) is 3.01. The van der Waals surface area contributed by atoms with Crippen molar-refractivity contribution < 1.29 is 4.42 Å². The largest absolute Gasteiger partial charge is 0.416 e. The van der Waals surface area contributed by atoms with E-state index in [4.69, 9.17) is 16.0 Å². The van der Waals surface area contributed by atoms with E-state index < -0.39 is 0 Å². The van der Waals surface area contributed by atoms with Crippen LogP contribution >= 0.6 is 11.6 Å². The first-order valence-corrected chi connectivity index (χ1v) is 6.12. The molecule has 0 atom stereocenters. The van der Waals surface area contributed by atoms with Crippen LogP contribution in [0.3, 0.4) is 0 Å². The highest BCUT2D eigenvalue weighted by Crippen LogP contribution is 2.24. The van der Waals surface area contributed by atoms with Gasteiger partial charge in [-0.3, -0.25) is 0 Å². The van der Waals surface area contributed by atoms with Crippen molar-refractivity contribution in [3.8, 4) is 22.9 Å². The summed E-state index contributed by atoms with van der Waals surface area (Å²) in [5.41, 5.74) is 2.83. The Labute approximate surface area is 115 Å².